The van der Waals surface area contributed by atoms with E-state index >= 15 is 0 Å². The molecule has 6 nitrogen and oxygen atoms in total. The van der Waals surface area contributed by atoms with Crippen LogP contribution in [0.15, 0.2) is 54.6 Å². The van der Waals surface area contributed by atoms with Gasteiger partial charge in [-0.25, -0.2) is 0 Å². The van der Waals surface area contributed by atoms with Crippen LogP contribution in [0, 0.1) is 24.2 Å². The molecular formula is C28H32N2O4. The van der Waals surface area contributed by atoms with Crippen LogP contribution in [0.2, 0.25) is 0 Å². The van der Waals surface area contributed by atoms with E-state index < -0.39 is 11.5 Å². The first kappa shape index (κ1) is 22.6. The van der Waals surface area contributed by atoms with Gasteiger partial charge in [0.25, 0.3) is 5.91 Å². The lowest BCUT2D eigenvalue weighted by Gasteiger charge is -2.60. The van der Waals surface area contributed by atoms with E-state index in [4.69, 9.17) is 4.74 Å². The van der Waals surface area contributed by atoms with Gasteiger partial charge in [-0.1, -0.05) is 48.0 Å². The molecule has 3 atom stereocenters. The fourth-order valence-corrected chi connectivity index (χ4v) is 7.00. The normalized spacial score (nSPS) is 29.8. The molecular weight excluding hydrogens is 428 g/mol. The highest BCUT2D eigenvalue weighted by Crippen LogP contribution is 2.62. The van der Waals surface area contributed by atoms with E-state index in [1.54, 1.807) is 6.92 Å². The predicted octanol–water partition coefficient (Wildman–Crippen LogP) is 4.69. The second kappa shape index (κ2) is 8.57. The van der Waals surface area contributed by atoms with Crippen LogP contribution >= 0.6 is 0 Å². The van der Waals surface area contributed by atoms with Gasteiger partial charge in [0.1, 0.15) is 0 Å². The van der Waals surface area contributed by atoms with Crippen LogP contribution in [-0.2, 0) is 19.1 Å². The van der Waals surface area contributed by atoms with Crippen molar-refractivity contribution >= 4 is 23.5 Å². The summed E-state index contributed by atoms with van der Waals surface area (Å²) in [6.07, 6.45) is 4.04. The lowest BCUT2D eigenvalue weighted by Crippen LogP contribution is -2.64. The molecule has 0 aromatic heterocycles. The Morgan fingerprint density at radius 2 is 1.59 bits per heavy atom. The minimum Gasteiger partial charge on any atom is -0.447 e. The molecule has 2 aromatic rings. The van der Waals surface area contributed by atoms with E-state index in [-0.39, 0.29) is 23.3 Å². The molecule has 4 bridgehead atoms. The Morgan fingerprint density at radius 1 is 0.941 bits per heavy atom. The third-order valence-corrected chi connectivity index (χ3v) is 7.82. The lowest BCUT2D eigenvalue weighted by atomic mass is 9.47. The summed E-state index contributed by atoms with van der Waals surface area (Å²) in [6, 6.07) is 16.7. The molecule has 0 saturated heterocycles. The van der Waals surface area contributed by atoms with E-state index in [2.05, 4.69) is 10.6 Å². The molecule has 4 saturated carbocycles. The average Bonchev–Trinajstić information content (AvgIpc) is 2.77. The first-order chi connectivity index (χ1) is 16.3. The van der Waals surface area contributed by atoms with Crippen LogP contribution in [0.3, 0.4) is 0 Å². The van der Waals surface area contributed by atoms with Crippen molar-refractivity contribution in [3.05, 3.63) is 65.7 Å². The molecule has 2 amide bonds. The zero-order chi connectivity index (χ0) is 23.9. The van der Waals surface area contributed by atoms with Gasteiger partial charge < -0.3 is 15.4 Å². The molecule has 4 aliphatic carbocycles. The predicted molar refractivity (Wildman–Crippen MR) is 129 cm³/mol. The number of hydrogen-bond donors (Lipinski definition) is 2. The molecule has 2 N–H and O–H groups in total. The third-order valence-electron chi connectivity index (χ3n) is 7.82. The maximum absolute atomic E-state index is 13.8. The molecule has 178 valence electrons. The minimum absolute atomic E-state index is 0.0508. The SMILES string of the molecule is CC(=O)NC12CC3CC(C1)CC(C(=O)OC(C(=O)Nc1ccc(C)cc1)c1ccccc1)(C3)C2. The first-order valence-electron chi connectivity index (χ1n) is 12.2. The number of benzene rings is 2. The largest absolute Gasteiger partial charge is 0.447 e. The molecule has 4 aliphatic rings. The number of anilines is 1. The van der Waals surface area contributed by atoms with E-state index in [9.17, 15) is 14.4 Å². The zero-order valence-corrected chi connectivity index (χ0v) is 19.8. The zero-order valence-electron chi connectivity index (χ0n) is 19.8. The summed E-state index contributed by atoms with van der Waals surface area (Å²) >= 11 is 0. The van der Waals surface area contributed by atoms with Crippen LogP contribution in [-0.4, -0.2) is 23.3 Å². The third kappa shape index (κ3) is 4.33. The molecule has 34 heavy (non-hydrogen) atoms. The fraction of sp³-hybridized carbons (Fsp3) is 0.464. The number of hydrogen-bond acceptors (Lipinski definition) is 4. The van der Waals surface area contributed by atoms with Gasteiger partial charge in [0.15, 0.2) is 0 Å². The fourth-order valence-electron chi connectivity index (χ4n) is 7.00. The first-order valence-corrected chi connectivity index (χ1v) is 12.2. The Hall–Kier alpha value is -3.15. The molecule has 4 fully saturated rings. The van der Waals surface area contributed by atoms with Crippen molar-refractivity contribution in [3.8, 4) is 0 Å². The second-order valence-corrected chi connectivity index (χ2v) is 10.8. The summed E-state index contributed by atoms with van der Waals surface area (Å²) < 4.78 is 6.07. The van der Waals surface area contributed by atoms with Gasteiger partial charge in [-0.2, -0.15) is 0 Å². The number of nitrogens with one attached hydrogen (secondary N) is 2. The van der Waals surface area contributed by atoms with Gasteiger partial charge in [-0.3, -0.25) is 14.4 Å². The Balaban J connectivity index is 1.40. The number of carbonyl (C=O) groups excluding carboxylic acids is 3. The number of esters is 1. The molecule has 0 radical (unpaired) electrons. The standard InChI is InChI=1S/C28H32N2O4/c1-18-8-10-23(11-9-18)29-25(32)24(22-6-4-3-5-7-22)34-26(33)27-13-20-12-21(14-27)16-28(15-20,17-27)30-19(2)31/h3-11,20-21,24H,12-17H2,1-2H3,(H,29,32)(H,30,31). The molecule has 6 heteroatoms. The molecule has 6 rings (SSSR count). The Labute approximate surface area is 200 Å². The molecule has 0 spiro atoms. The summed E-state index contributed by atoms with van der Waals surface area (Å²) in [5.74, 6) is 0.0634. The van der Waals surface area contributed by atoms with E-state index in [1.807, 2.05) is 61.5 Å². The summed E-state index contributed by atoms with van der Waals surface area (Å²) in [7, 11) is 0. The summed E-state index contributed by atoms with van der Waals surface area (Å²) in [4.78, 5) is 39.1. The Kier molecular flexibility index (Phi) is 5.70. The quantitative estimate of drug-likeness (QED) is 0.613. The van der Waals surface area contributed by atoms with Crippen molar-refractivity contribution in [2.75, 3.05) is 5.32 Å². The van der Waals surface area contributed by atoms with Crippen molar-refractivity contribution in [1.29, 1.82) is 0 Å². The smallest absolute Gasteiger partial charge is 0.313 e. The average molecular weight is 461 g/mol. The van der Waals surface area contributed by atoms with Gasteiger partial charge in [0.2, 0.25) is 12.0 Å². The van der Waals surface area contributed by atoms with E-state index in [0.29, 0.717) is 29.5 Å². The van der Waals surface area contributed by atoms with Crippen molar-refractivity contribution in [3.63, 3.8) is 0 Å². The lowest BCUT2D eigenvalue weighted by molar-refractivity contribution is -0.182. The Morgan fingerprint density at radius 3 is 2.21 bits per heavy atom. The minimum atomic E-state index is -1.04. The van der Waals surface area contributed by atoms with Gasteiger partial charge in [-0.05, 0) is 69.4 Å². The Bertz CT molecular complexity index is 1080. The highest BCUT2D eigenvalue weighted by atomic mass is 16.5. The van der Waals surface area contributed by atoms with Crippen LogP contribution < -0.4 is 10.6 Å². The van der Waals surface area contributed by atoms with Gasteiger partial charge >= 0.3 is 5.97 Å². The van der Waals surface area contributed by atoms with E-state index in [0.717, 1.165) is 37.7 Å². The second-order valence-electron chi connectivity index (χ2n) is 10.8. The van der Waals surface area contributed by atoms with Crippen molar-refractivity contribution < 1.29 is 19.1 Å². The topological polar surface area (TPSA) is 84.5 Å². The summed E-state index contributed by atoms with van der Waals surface area (Å²) in [6.45, 7) is 3.53. The number of rotatable bonds is 6. The summed E-state index contributed by atoms with van der Waals surface area (Å²) in [5, 5.41) is 6.09. The highest BCUT2D eigenvalue weighted by Gasteiger charge is 2.62. The number of carbonyl (C=O) groups is 3. The van der Waals surface area contributed by atoms with Gasteiger partial charge in [0.05, 0.1) is 5.41 Å². The van der Waals surface area contributed by atoms with E-state index in [1.165, 1.54) is 0 Å². The number of ether oxygens (including phenoxy) is 1. The molecule has 0 aliphatic heterocycles. The van der Waals surface area contributed by atoms with Crippen molar-refractivity contribution in [2.45, 2.75) is 64.0 Å². The number of aryl methyl sites for hydroxylation is 1. The van der Waals surface area contributed by atoms with Crippen molar-refractivity contribution in [2.24, 2.45) is 17.3 Å². The van der Waals surface area contributed by atoms with Crippen LogP contribution in [0.5, 0.6) is 0 Å². The van der Waals surface area contributed by atoms with Gasteiger partial charge in [-0.15, -0.1) is 0 Å². The van der Waals surface area contributed by atoms with Gasteiger partial charge in [0, 0.05) is 23.7 Å². The van der Waals surface area contributed by atoms with Crippen LogP contribution in [0.4, 0.5) is 5.69 Å². The highest BCUT2D eigenvalue weighted by molar-refractivity contribution is 5.96. The molecule has 3 unspecified atom stereocenters. The molecule has 2 aromatic carbocycles. The van der Waals surface area contributed by atoms with Crippen LogP contribution in [0.25, 0.3) is 0 Å². The number of amides is 2. The summed E-state index contributed by atoms with van der Waals surface area (Å²) in [5.41, 5.74) is 1.41. The maximum Gasteiger partial charge on any atom is 0.313 e. The monoisotopic (exact) mass is 460 g/mol. The van der Waals surface area contributed by atoms with Crippen LogP contribution in [0.1, 0.15) is 62.7 Å². The van der Waals surface area contributed by atoms with Crippen molar-refractivity contribution in [1.82, 2.24) is 5.32 Å². The maximum atomic E-state index is 13.8. The molecule has 0 heterocycles.